The van der Waals surface area contributed by atoms with Crippen molar-refractivity contribution >= 4 is 51.6 Å². The van der Waals surface area contributed by atoms with Crippen LogP contribution in [0.15, 0.2) is 82.7 Å². The maximum atomic E-state index is 13.3. The van der Waals surface area contributed by atoms with E-state index in [2.05, 4.69) is 15.5 Å². The van der Waals surface area contributed by atoms with E-state index in [1.165, 1.54) is 28.5 Å². The zero-order valence-electron chi connectivity index (χ0n) is 17.6. The first-order valence-electron chi connectivity index (χ1n) is 10.3. The third-order valence-electron chi connectivity index (χ3n) is 5.17. The number of hydrogen-bond acceptors (Lipinski definition) is 5. The first-order valence-corrected chi connectivity index (χ1v) is 11.7. The van der Waals surface area contributed by atoms with Gasteiger partial charge in [0.2, 0.25) is 11.7 Å². The second-order valence-corrected chi connectivity index (χ2v) is 8.88. The van der Waals surface area contributed by atoms with Crippen molar-refractivity contribution in [2.45, 2.75) is 11.7 Å². The molecule has 5 aromatic rings. The minimum Gasteiger partial charge on any atom is -0.325 e. The van der Waals surface area contributed by atoms with Gasteiger partial charge in [0.1, 0.15) is 5.82 Å². The number of aromatic nitrogens is 4. The van der Waals surface area contributed by atoms with E-state index in [0.717, 1.165) is 5.56 Å². The molecule has 34 heavy (non-hydrogen) atoms. The van der Waals surface area contributed by atoms with E-state index in [4.69, 9.17) is 11.6 Å². The SMILES string of the molecule is O=C(CSc1nnc2n(Cc3ccc(F)cc3)c(=O)c3ccccc3n12)Nc1cccc(Cl)c1. The van der Waals surface area contributed by atoms with Crippen LogP contribution in [0.1, 0.15) is 5.56 Å². The molecule has 0 aliphatic rings. The van der Waals surface area contributed by atoms with E-state index in [1.54, 1.807) is 52.9 Å². The highest BCUT2D eigenvalue weighted by Gasteiger charge is 2.18. The summed E-state index contributed by atoms with van der Waals surface area (Å²) in [6.07, 6.45) is 0. The molecule has 1 N–H and O–H groups in total. The predicted octanol–water partition coefficient (Wildman–Crippen LogP) is 4.62. The van der Waals surface area contributed by atoms with Gasteiger partial charge in [-0.1, -0.05) is 53.7 Å². The lowest BCUT2D eigenvalue weighted by Gasteiger charge is -2.11. The summed E-state index contributed by atoms with van der Waals surface area (Å²) in [5, 5.41) is 12.8. The number of amides is 1. The van der Waals surface area contributed by atoms with Gasteiger partial charge in [0, 0.05) is 10.7 Å². The average Bonchev–Trinajstić information content (AvgIpc) is 3.26. The van der Waals surface area contributed by atoms with Crippen molar-refractivity contribution in [2.24, 2.45) is 0 Å². The van der Waals surface area contributed by atoms with E-state index < -0.39 is 0 Å². The monoisotopic (exact) mass is 493 g/mol. The molecule has 1 amide bonds. The summed E-state index contributed by atoms with van der Waals surface area (Å²) in [5.74, 6) is -0.158. The van der Waals surface area contributed by atoms with Gasteiger partial charge in [-0.25, -0.2) is 4.39 Å². The molecule has 5 rings (SSSR count). The van der Waals surface area contributed by atoms with Crippen LogP contribution in [0.2, 0.25) is 5.02 Å². The van der Waals surface area contributed by atoms with E-state index >= 15 is 0 Å². The Balaban J connectivity index is 1.50. The normalized spacial score (nSPS) is 11.2. The van der Waals surface area contributed by atoms with Gasteiger partial charge in [-0.2, -0.15) is 0 Å². The fourth-order valence-electron chi connectivity index (χ4n) is 3.64. The lowest BCUT2D eigenvalue weighted by molar-refractivity contribution is -0.113. The summed E-state index contributed by atoms with van der Waals surface area (Å²) in [6, 6.07) is 20.0. The molecule has 7 nitrogen and oxygen atoms in total. The summed E-state index contributed by atoms with van der Waals surface area (Å²) in [4.78, 5) is 25.7. The summed E-state index contributed by atoms with van der Waals surface area (Å²) in [6.45, 7) is 0.200. The summed E-state index contributed by atoms with van der Waals surface area (Å²) in [7, 11) is 0. The Morgan fingerprint density at radius 2 is 1.82 bits per heavy atom. The number of nitrogens with zero attached hydrogens (tertiary/aromatic N) is 4. The number of anilines is 1. The number of benzene rings is 3. The van der Waals surface area contributed by atoms with Gasteiger partial charge < -0.3 is 5.32 Å². The largest absolute Gasteiger partial charge is 0.325 e. The smallest absolute Gasteiger partial charge is 0.263 e. The fraction of sp³-hybridized carbons (Fsp3) is 0.0833. The van der Waals surface area contributed by atoms with Crippen LogP contribution in [0.5, 0.6) is 0 Å². The minimum absolute atomic E-state index is 0.0821. The first kappa shape index (κ1) is 22.1. The number of rotatable bonds is 6. The van der Waals surface area contributed by atoms with E-state index in [-0.39, 0.29) is 29.6 Å². The minimum atomic E-state index is -0.350. The summed E-state index contributed by atoms with van der Waals surface area (Å²) >= 11 is 7.18. The van der Waals surface area contributed by atoms with Gasteiger partial charge in [0.05, 0.1) is 23.2 Å². The Morgan fingerprint density at radius 3 is 2.62 bits per heavy atom. The molecule has 0 unspecified atom stereocenters. The van der Waals surface area contributed by atoms with Gasteiger partial charge in [-0.3, -0.25) is 18.6 Å². The molecule has 2 aromatic heterocycles. The van der Waals surface area contributed by atoms with Crippen LogP contribution in [0, 0.1) is 5.82 Å². The fourth-order valence-corrected chi connectivity index (χ4v) is 4.57. The number of carbonyl (C=O) groups excluding carboxylic acids is 1. The molecule has 0 bridgehead atoms. The average molecular weight is 494 g/mol. The number of thioether (sulfide) groups is 1. The highest BCUT2D eigenvalue weighted by atomic mass is 35.5. The van der Waals surface area contributed by atoms with Crippen molar-refractivity contribution in [1.29, 1.82) is 0 Å². The third-order valence-corrected chi connectivity index (χ3v) is 6.34. The lowest BCUT2D eigenvalue weighted by Crippen LogP contribution is -2.24. The Morgan fingerprint density at radius 1 is 1.03 bits per heavy atom. The lowest BCUT2D eigenvalue weighted by atomic mass is 10.2. The first-order chi connectivity index (χ1) is 16.5. The number of nitrogens with one attached hydrogen (secondary N) is 1. The number of halogens is 2. The van der Waals surface area contributed by atoms with Crippen LogP contribution in [0.4, 0.5) is 10.1 Å². The zero-order valence-corrected chi connectivity index (χ0v) is 19.2. The van der Waals surface area contributed by atoms with Gasteiger partial charge >= 0.3 is 0 Å². The molecule has 2 heterocycles. The number of para-hydroxylation sites is 1. The molecule has 3 aromatic carbocycles. The van der Waals surface area contributed by atoms with Crippen molar-refractivity contribution in [2.75, 3.05) is 11.1 Å². The molecule has 0 saturated heterocycles. The van der Waals surface area contributed by atoms with Crippen LogP contribution < -0.4 is 10.9 Å². The number of fused-ring (bicyclic) bond motifs is 3. The Kier molecular flexibility index (Phi) is 6.04. The van der Waals surface area contributed by atoms with Crippen molar-refractivity contribution in [1.82, 2.24) is 19.2 Å². The predicted molar refractivity (Wildman–Crippen MR) is 131 cm³/mol. The summed E-state index contributed by atoms with van der Waals surface area (Å²) < 4.78 is 16.6. The molecule has 0 radical (unpaired) electrons. The van der Waals surface area contributed by atoms with Gasteiger partial charge in [0.25, 0.3) is 5.56 Å². The standard InChI is InChI=1S/C24H17ClFN5O2S/c25-16-4-3-5-18(12-16)27-21(32)14-34-24-29-28-23-30(13-15-8-10-17(26)11-9-15)22(33)19-6-1-2-7-20(19)31(23)24/h1-12H,13-14H2,(H,27,32). The van der Waals surface area contributed by atoms with Crippen molar-refractivity contribution in [3.8, 4) is 0 Å². The quantitative estimate of drug-likeness (QED) is 0.349. The molecule has 0 atom stereocenters. The summed E-state index contributed by atoms with van der Waals surface area (Å²) in [5.41, 5.74) is 1.76. The highest BCUT2D eigenvalue weighted by molar-refractivity contribution is 7.99. The number of hydrogen-bond donors (Lipinski definition) is 1. The molecular formula is C24H17ClFN5O2S. The molecule has 0 aliphatic carbocycles. The molecular weight excluding hydrogens is 477 g/mol. The van der Waals surface area contributed by atoms with Crippen molar-refractivity contribution in [3.63, 3.8) is 0 Å². The van der Waals surface area contributed by atoms with Crippen molar-refractivity contribution in [3.05, 3.63) is 99.6 Å². The Bertz CT molecular complexity index is 1580. The Hall–Kier alpha value is -3.69. The van der Waals surface area contributed by atoms with Crippen LogP contribution >= 0.6 is 23.4 Å². The molecule has 0 fully saturated rings. The second-order valence-electron chi connectivity index (χ2n) is 7.50. The molecule has 0 spiro atoms. The van der Waals surface area contributed by atoms with Crippen LogP contribution in [0.3, 0.4) is 0 Å². The second kappa shape index (κ2) is 9.28. The van der Waals surface area contributed by atoms with Crippen molar-refractivity contribution < 1.29 is 9.18 Å². The Labute approximate surface area is 202 Å². The van der Waals surface area contributed by atoms with Crippen LogP contribution in [-0.4, -0.2) is 30.8 Å². The van der Waals surface area contributed by atoms with Gasteiger partial charge in [0.15, 0.2) is 5.16 Å². The van der Waals surface area contributed by atoms with E-state index in [9.17, 15) is 14.0 Å². The third kappa shape index (κ3) is 4.40. The van der Waals surface area contributed by atoms with Gasteiger partial charge in [-0.05, 0) is 48.0 Å². The number of carbonyl (C=O) groups is 1. The van der Waals surface area contributed by atoms with Crippen LogP contribution in [0.25, 0.3) is 16.7 Å². The maximum Gasteiger partial charge on any atom is 0.263 e. The molecule has 170 valence electrons. The molecule has 0 saturated carbocycles. The van der Waals surface area contributed by atoms with E-state index in [1.807, 2.05) is 12.1 Å². The van der Waals surface area contributed by atoms with Gasteiger partial charge in [-0.15, -0.1) is 10.2 Å². The highest BCUT2D eigenvalue weighted by Crippen LogP contribution is 2.23. The zero-order chi connectivity index (χ0) is 23.7. The van der Waals surface area contributed by atoms with Crippen LogP contribution in [-0.2, 0) is 11.3 Å². The van der Waals surface area contributed by atoms with E-state index in [0.29, 0.717) is 32.5 Å². The topological polar surface area (TPSA) is 81.3 Å². The molecule has 0 aliphatic heterocycles. The molecule has 10 heteroatoms. The maximum absolute atomic E-state index is 13.3.